The van der Waals surface area contributed by atoms with Gasteiger partial charge in [0, 0.05) is 24.0 Å². The van der Waals surface area contributed by atoms with Gasteiger partial charge in [-0.3, -0.25) is 0 Å². The van der Waals surface area contributed by atoms with Crippen molar-refractivity contribution in [2.45, 2.75) is 76.3 Å². The van der Waals surface area contributed by atoms with Crippen molar-refractivity contribution in [2.24, 2.45) is 0 Å². The monoisotopic (exact) mass is 346 g/mol. The molecule has 0 aliphatic carbocycles. The molecule has 2 aromatic rings. The van der Waals surface area contributed by atoms with Crippen LogP contribution in [0.3, 0.4) is 0 Å². The fourth-order valence-electron chi connectivity index (χ4n) is 3.01. The van der Waals surface area contributed by atoms with E-state index >= 15 is 0 Å². The standard InChI is InChI=1S/C20H30N2OS/c1-13(2)19-20(24-17-11-15(5)10-16(6)12-17)22(14(3)4)18(21-19)8-7-9-23/h10-14,23H,7-9H2,1-6H3. The van der Waals surface area contributed by atoms with E-state index in [0.717, 1.165) is 18.7 Å². The van der Waals surface area contributed by atoms with Gasteiger partial charge in [-0.2, -0.15) is 0 Å². The molecule has 1 aromatic heterocycles. The van der Waals surface area contributed by atoms with Crippen molar-refractivity contribution < 1.29 is 5.11 Å². The first-order valence-corrected chi connectivity index (χ1v) is 9.63. The van der Waals surface area contributed by atoms with Crippen molar-refractivity contribution in [2.75, 3.05) is 6.61 Å². The summed E-state index contributed by atoms with van der Waals surface area (Å²) in [6.07, 6.45) is 1.58. The Balaban J connectivity index is 2.50. The highest BCUT2D eigenvalue weighted by atomic mass is 32.2. The minimum absolute atomic E-state index is 0.210. The second-order valence-electron chi connectivity index (χ2n) is 7.09. The van der Waals surface area contributed by atoms with E-state index in [1.54, 1.807) is 0 Å². The fraction of sp³-hybridized carbons (Fsp3) is 0.550. The van der Waals surface area contributed by atoms with Crippen molar-refractivity contribution >= 4 is 11.8 Å². The third kappa shape index (κ3) is 4.42. The first-order valence-electron chi connectivity index (χ1n) is 8.81. The number of aliphatic hydroxyl groups is 1. The molecule has 0 bridgehead atoms. The Labute approximate surface area is 150 Å². The maximum absolute atomic E-state index is 9.20. The lowest BCUT2D eigenvalue weighted by molar-refractivity contribution is 0.286. The second kappa shape index (κ2) is 8.21. The summed E-state index contributed by atoms with van der Waals surface area (Å²) in [4.78, 5) is 6.21. The summed E-state index contributed by atoms with van der Waals surface area (Å²) in [7, 11) is 0. The molecule has 132 valence electrons. The van der Waals surface area contributed by atoms with E-state index in [2.05, 4.69) is 64.3 Å². The molecule has 0 amide bonds. The maximum atomic E-state index is 9.20. The molecule has 1 aromatic carbocycles. The van der Waals surface area contributed by atoms with E-state index in [1.165, 1.54) is 26.7 Å². The van der Waals surface area contributed by atoms with Crippen LogP contribution in [0.15, 0.2) is 28.1 Å². The number of rotatable bonds is 7. The molecular weight excluding hydrogens is 316 g/mol. The summed E-state index contributed by atoms with van der Waals surface area (Å²) < 4.78 is 2.35. The molecule has 0 saturated heterocycles. The zero-order valence-corrected chi connectivity index (χ0v) is 16.6. The molecule has 0 spiro atoms. The van der Waals surface area contributed by atoms with E-state index in [0.29, 0.717) is 12.0 Å². The molecule has 0 aliphatic heterocycles. The molecule has 0 fully saturated rings. The number of hydrogen-bond acceptors (Lipinski definition) is 3. The second-order valence-corrected chi connectivity index (χ2v) is 8.15. The van der Waals surface area contributed by atoms with Crippen molar-refractivity contribution in [3.05, 3.63) is 40.8 Å². The van der Waals surface area contributed by atoms with E-state index in [4.69, 9.17) is 4.98 Å². The molecule has 0 saturated carbocycles. The van der Waals surface area contributed by atoms with Gasteiger partial charge in [0.25, 0.3) is 0 Å². The van der Waals surface area contributed by atoms with Gasteiger partial charge < -0.3 is 9.67 Å². The lowest BCUT2D eigenvalue weighted by Crippen LogP contribution is -2.08. The van der Waals surface area contributed by atoms with Gasteiger partial charge in [0.1, 0.15) is 10.9 Å². The van der Waals surface area contributed by atoms with Crippen LogP contribution in [-0.2, 0) is 6.42 Å². The van der Waals surface area contributed by atoms with E-state index in [1.807, 2.05) is 11.8 Å². The molecule has 4 heteroatoms. The first kappa shape index (κ1) is 19.1. The average Bonchev–Trinajstić information content (AvgIpc) is 2.82. The normalized spacial score (nSPS) is 11.7. The van der Waals surface area contributed by atoms with E-state index in [-0.39, 0.29) is 6.61 Å². The van der Waals surface area contributed by atoms with Crippen molar-refractivity contribution in [3.8, 4) is 0 Å². The fourth-order valence-corrected chi connectivity index (χ4v) is 4.52. The number of imidazole rings is 1. The molecule has 1 N–H and O–H groups in total. The zero-order valence-electron chi connectivity index (χ0n) is 15.8. The van der Waals surface area contributed by atoms with Gasteiger partial charge in [-0.25, -0.2) is 4.98 Å². The van der Waals surface area contributed by atoms with Crippen LogP contribution in [0.25, 0.3) is 0 Å². The summed E-state index contributed by atoms with van der Waals surface area (Å²) in [5, 5.41) is 10.4. The summed E-state index contributed by atoms with van der Waals surface area (Å²) >= 11 is 1.82. The minimum Gasteiger partial charge on any atom is -0.396 e. The lowest BCUT2D eigenvalue weighted by Gasteiger charge is -2.17. The SMILES string of the molecule is Cc1cc(C)cc(Sc2c(C(C)C)nc(CCCO)n2C(C)C)c1. The van der Waals surface area contributed by atoms with Crippen molar-refractivity contribution in [3.63, 3.8) is 0 Å². The number of aryl methyl sites for hydroxylation is 3. The Hall–Kier alpha value is -1.26. The third-order valence-corrected chi connectivity index (χ3v) is 5.07. The highest BCUT2D eigenvalue weighted by Crippen LogP contribution is 2.37. The molecule has 24 heavy (non-hydrogen) atoms. The largest absolute Gasteiger partial charge is 0.396 e. The molecular formula is C20H30N2OS. The Bertz CT molecular complexity index is 669. The van der Waals surface area contributed by atoms with Gasteiger partial charge >= 0.3 is 0 Å². The van der Waals surface area contributed by atoms with Gasteiger partial charge in [-0.15, -0.1) is 0 Å². The van der Waals surface area contributed by atoms with Gasteiger partial charge in [-0.1, -0.05) is 31.7 Å². The quantitative estimate of drug-likeness (QED) is 0.741. The van der Waals surface area contributed by atoms with Crippen LogP contribution in [0.1, 0.15) is 68.7 Å². The molecule has 0 aliphatic rings. The Morgan fingerprint density at radius 3 is 2.21 bits per heavy atom. The van der Waals surface area contributed by atoms with Crippen LogP contribution in [0.2, 0.25) is 0 Å². The molecule has 0 unspecified atom stereocenters. The van der Waals surface area contributed by atoms with E-state index < -0.39 is 0 Å². The van der Waals surface area contributed by atoms with Crippen molar-refractivity contribution in [1.82, 2.24) is 9.55 Å². The number of nitrogens with zero attached hydrogens (tertiary/aromatic N) is 2. The Morgan fingerprint density at radius 1 is 1.08 bits per heavy atom. The molecule has 0 radical (unpaired) electrons. The van der Waals surface area contributed by atoms with Gasteiger partial charge in [-0.05, 0) is 63.3 Å². The van der Waals surface area contributed by atoms with Crippen LogP contribution in [0, 0.1) is 13.8 Å². The van der Waals surface area contributed by atoms with Crippen molar-refractivity contribution in [1.29, 1.82) is 0 Å². The highest BCUT2D eigenvalue weighted by molar-refractivity contribution is 7.99. The van der Waals surface area contributed by atoms with Crippen LogP contribution in [0.4, 0.5) is 0 Å². The minimum atomic E-state index is 0.210. The molecule has 2 rings (SSSR count). The summed E-state index contributed by atoms with van der Waals surface area (Å²) in [5.41, 5.74) is 3.75. The zero-order chi connectivity index (χ0) is 17.9. The summed E-state index contributed by atoms with van der Waals surface area (Å²) in [5.74, 6) is 1.47. The van der Waals surface area contributed by atoms with E-state index in [9.17, 15) is 5.11 Å². The molecule has 3 nitrogen and oxygen atoms in total. The Morgan fingerprint density at radius 2 is 1.71 bits per heavy atom. The van der Waals surface area contributed by atoms with Gasteiger partial charge in [0.15, 0.2) is 0 Å². The third-order valence-electron chi connectivity index (χ3n) is 4.00. The average molecular weight is 347 g/mol. The smallest absolute Gasteiger partial charge is 0.110 e. The molecule has 0 atom stereocenters. The Kier molecular flexibility index (Phi) is 6.53. The number of hydrogen-bond donors (Lipinski definition) is 1. The van der Waals surface area contributed by atoms with Crippen LogP contribution >= 0.6 is 11.8 Å². The van der Waals surface area contributed by atoms with Gasteiger partial charge in [0.05, 0.1) is 5.69 Å². The maximum Gasteiger partial charge on any atom is 0.110 e. The molecule has 1 heterocycles. The first-order chi connectivity index (χ1) is 11.3. The number of benzene rings is 1. The topological polar surface area (TPSA) is 38.1 Å². The summed E-state index contributed by atoms with van der Waals surface area (Å²) in [6.45, 7) is 13.3. The van der Waals surface area contributed by atoms with Crippen LogP contribution in [-0.4, -0.2) is 21.3 Å². The van der Waals surface area contributed by atoms with Gasteiger partial charge in [0.2, 0.25) is 0 Å². The number of aliphatic hydroxyl groups excluding tert-OH is 1. The predicted octanol–water partition coefficient (Wildman–Crippen LogP) is 5.28. The summed E-state index contributed by atoms with van der Waals surface area (Å²) in [6, 6.07) is 7.05. The highest BCUT2D eigenvalue weighted by Gasteiger charge is 2.21. The number of aromatic nitrogens is 2. The van der Waals surface area contributed by atoms with Crippen LogP contribution in [0.5, 0.6) is 0 Å². The van der Waals surface area contributed by atoms with Crippen LogP contribution < -0.4 is 0 Å². The lowest BCUT2D eigenvalue weighted by atomic mass is 10.1. The predicted molar refractivity (Wildman–Crippen MR) is 102 cm³/mol.